The Morgan fingerprint density at radius 3 is 2.52 bits per heavy atom. The van der Waals surface area contributed by atoms with Crippen molar-refractivity contribution in [1.29, 1.82) is 0 Å². The SMILES string of the molecule is O=C(NC1CC1)OC1CN(C(=O)CC(CCC2C3CCC(C3)C2O)c2ccccc2)C1. The molecule has 1 heterocycles. The van der Waals surface area contributed by atoms with Crippen LogP contribution in [-0.4, -0.2) is 53.3 Å². The van der Waals surface area contributed by atoms with Crippen LogP contribution in [0.15, 0.2) is 30.3 Å². The summed E-state index contributed by atoms with van der Waals surface area (Å²) >= 11 is 0. The Labute approximate surface area is 184 Å². The van der Waals surface area contributed by atoms with Gasteiger partial charge in [0.05, 0.1) is 19.2 Å². The summed E-state index contributed by atoms with van der Waals surface area (Å²) in [5.74, 6) is 1.86. The van der Waals surface area contributed by atoms with Crippen molar-refractivity contribution in [1.82, 2.24) is 10.2 Å². The summed E-state index contributed by atoms with van der Waals surface area (Å²) in [6.07, 6.45) is 7.38. The molecule has 168 valence electrons. The number of hydrogen-bond donors (Lipinski definition) is 2. The van der Waals surface area contributed by atoms with Crippen LogP contribution in [0, 0.1) is 17.8 Å². The summed E-state index contributed by atoms with van der Waals surface area (Å²) in [5.41, 5.74) is 1.20. The lowest BCUT2D eigenvalue weighted by Gasteiger charge is -2.39. The molecule has 0 spiro atoms. The van der Waals surface area contributed by atoms with Gasteiger partial charge in [-0.15, -0.1) is 0 Å². The highest BCUT2D eigenvalue weighted by Gasteiger charge is 2.46. The summed E-state index contributed by atoms with van der Waals surface area (Å²) in [6.45, 7) is 0.979. The van der Waals surface area contributed by atoms with E-state index in [0.29, 0.717) is 37.3 Å². The van der Waals surface area contributed by atoms with Gasteiger partial charge in [0.1, 0.15) is 6.10 Å². The van der Waals surface area contributed by atoms with Crippen molar-refractivity contribution < 1.29 is 19.4 Å². The number of alkyl carbamates (subject to hydrolysis) is 1. The fourth-order valence-corrected chi connectivity index (χ4v) is 5.93. The molecule has 6 nitrogen and oxygen atoms in total. The van der Waals surface area contributed by atoms with E-state index in [2.05, 4.69) is 17.4 Å². The zero-order valence-electron chi connectivity index (χ0n) is 18.1. The Morgan fingerprint density at radius 1 is 1.10 bits per heavy atom. The van der Waals surface area contributed by atoms with Crippen LogP contribution in [0.2, 0.25) is 0 Å². The first-order valence-corrected chi connectivity index (χ1v) is 12.0. The summed E-state index contributed by atoms with van der Waals surface area (Å²) in [5, 5.41) is 13.4. The number of carbonyl (C=O) groups excluding carboxylic acids is 2. The number of fused-ring (bicyclic) bond motifs is 2. The zero-order chi connectivity index (χ0) is 21.4. The molecule has 1 aliphatic heterocycles. The fraction of sp³-hybridized carbons (Fsp3) is 0.680. The van der Waals surface area contributed by atoms with E-state index in [1.807, 2.05) is 18.2 Å². The molecule has 6 heteroatoms. The van der Waals surface area contributed by atoms with Gasteiger partial charge in [-0.3, -0.25) is 4.79 Å². The lowest BCUT2D eigenvalue weighted by Crippen LogP contribution is -2.56. The first-order valence-electron chi connectivity index (χ1n) is 12.0. The van der Waals surface area contributed by atoms with E-state index in [4.69, 9.17) is 4.74 Å². The Balaban J connectivity index is 1.13. The van der Waals surface area contributed by atoms with Crippen LogP contribution in [0.4, 0.5) is 4.79 Å². The smallest absolute Gasteiger partial charge is 0.407 e. The van der Waals surface area contributed by atoms with Crippen LogP contribution in [-0.2, 0) is 9.53 Å². The molecule has 2 N–H and O–H groups in total. The Bertz CT molecular complexity index is 788. The number of hydrogen-bond acceptors (Lipinski definition) is 4. The van der Waals surface area contributed by atoms with Crippen LogP contribution in [0.25, 0.3) is 0 Å². The van der Waals surface area contributed by atoms with Gasteiger partial charge >= 0.3 is 6.09 Å². The minimum Gasteiger partial charge on any atom is -0.442 e. The van der Waals surface area contributed by atoms with Gasteiger partial charge in [-0.05, 0) is 74.2 Å². The quantitative estimate of drug-likeness (QED) is 0.667. The summed E-state index contributed by atoms with van der Waals surface area (Å²) < 4.78 is 5.39. The molecular weight excluding hydrogens is 392 g/mol. The minimum absolute atomic E-state index is 0.129. The predicted molar refractivity (Wildman–Crippen MR) is 116 cm³/mol. The topological polar surface area (TPSA) is 78.9 Å². The number of amides is 2. The van der Waals surface area contributed by atoms with E-state index in [-0.39, 0.29) is 36.2 Å². The Kier molecular flexibility index (Phi) is 5.91. The molecule has 5 rings (SSSR count). The number of ether oxygens (including phenoxy) is 1. The third-order valence-corrected chi connectivity index (χ3v) is 7.96. The standard InChI is InChI=1S/C25H34N2O4/c28-23(27-14-21(15-27)31-25(30)26-20-9-10-20)13-17(16-4-2-1-3-5-16)8-11-22-18-6-7-19(12-18)24(22)29/h1-5,17-22,24,29H,6-15H2,(H,26,30). The van der Waals surface area contributed by atoms with E-state index < -0.39 is 0 Å². The van der Waals surface area contributed by atoms with Gasteiger partial charge in [0.2, 0.25) is 5.91 Å². The summed E-state index contributed by atoms with van der Waals surface area (Å²) in [6, 6.07) is 10.6. The second-order valence-electron chi connectivity index (χ2n) is 10.1. The van der Waals surface area contributed by atoms with Gasteiger partial charge < -0.3 is 20.1 Å². The molecule has 2 amide bonds. The van der Waals surface area contributed by atoms with Gasteiger partial charge in [0, 0.05) is 12.5 Å². The van der Waals surface area contributed by atoms with E-state index in [0.717, 1.165) is 25.7 Å². The lowest BCUT2D eigenvalue weighted by atomic mass is 9.80. The minimum atomic E-state index is -0.355. The third kappa shape index (κ3) is 4.74. The molecule has 3 saturated carbocycles. The van der Waals surface area contributed by atoms with Gasteiger partial charge in [0.25, 0.3) is 0 Å². The predicted octanol–water partition coefficient (Wildman–Crippen LogP) is 3.45. The van der Waals surface area contributed by atoms with Crippen LogP contribution >= 0.6 is 0 Å². The van der Waals surface area contributed by atoms with Crippen molar-refractivity contribution in [3.63, 3.8) is 0 Å². The largest absolute Gasteiger partial charge is 0.442 e. The summed E-state index contributed by atoms with van der Waals surface area (Å²) in [4.78, 5) is 26.5. The molecule has 1 aromatic rings. The van der Waals surface area contributed by atoms with E-state index in [1.54, 1.807) is 4.90 Å². The average molecular weight is 427 g/mol. The molecule has 5 unspecified atom stereocenters. The van der Waals surface area contributed by atoms with Crippen LogP contribution in [0.3, 0.4) is 0 Å². The Morgan fingerprint density at radius 2 is 1.84 bits per heavy atom. The molecule has 31 heavy (non-hydrogen) atoms. The number of aliphatic hydroxyl groups is 1. The van der Waals surface area contributed by atoms with Crippen molar-refractivity contribution in [2.24, 2.45) is 17.8 Å². The molecule has 4 fully saturated rings. The highest BCUT2D eigenvalue weighted by molar-refractivity contribution is 5.78. The number of aliphatic hydroxyl groups excluding tert-OH is 1. The van der Waals surface area contributed by atoms with Crippen molar-refractivity contribution in [3.05, 3.63) is 35.9 Å². The van der Waals surface area contributed by atoms with E-state index in [9.17, 15) is 14.7 Å². The second kappa shape index (κ2) is 8.81. The van der Waals surface area contributed by atoms with Crippen LogP contribution in [0.5, 0.6) is 0 Å². The molecule has 0 radical (unpaired) electrons. The van der Waals surface area contributed by atoms with Gasteiger partial charge in [-0.25, -0.2) is 4.79 Å². The normalized spacial score (nSPS) is 30.7. The van der Waals surface area contributed by atoms with E-state index >= 15 is 0 Å². The van der Waals surface area contributed by atoms with Crippen molar-refractivity contribution in [2.75, 3.05) is 13.1 Å². The average Bonchev–Trinajstić information content (AvgIpc) is 3.33. The fourth-order valence-electron chi connectivity index (χ4n) is 5.93. The van der Waals surface area contributed by atoms with Crippen LogP contribution < -0.4 is 5.32 Å². The Hall–Kier alpha value is -2.08. The number of rotatable bonds is 8. The van der Waals surface area contributed by atoms with Crippen molar-refractivity contribution in [2.45, 2.75) is 75.5 Å². The van der Waals surface area contributed by atoms with E-state index in [1.165, 1.54) is 24.8 Å². The summed E-state index contributed by atoms with van der Waals surface area (Å²) in [7, 11) is 0. The third-order valence-electron chi connectivity index (χ3n) is 7.96. The molecule has 5 atom stereocenters. The monoisotopic (exact) mass is 426 g/mol. The van der Waals surface area contributed by atoms with Crippen molar-refractivity contribution in [3.8, 4) is 0 Å². The number of nitrogens with one attached hydrogen (secondary N) is 1. The molecule has 0 aromatic heterocycles. The van der Waals surface area contributed by atoms with Gasteiger partial charge in [-0.1, -0.05) is 30.3 Å². The van der Waals surface area contributed by atoms with Gasteiger partial charge in [0.15, 0.2) is 0 Å². The molecule has 1 aromatic carbocycles. The number of likely N-dealkylation sites (tertiary alicyclic amines) is 1. The van der Waals surface area contributed by atoms with Gasteiger partial charge in [-0.2, -0.15) is 0 Å². The maximum Gasteiger partial charge on any atom is 0.407 e. The lowest BCUT2D eigenvalue weighted by molar-refractivity contribution is -0.141. The molecule has 3 aliphatic carbocycles. The molecular formula is C25H34N2O4. The second-order valence-corrected chi connectivity index (χ2v) is 10.1. The highest BCUT2D eigenvalue weighted by Crippen LogP contribution is 2.50. The maximum atomic E-state index is 12.9. The molecule has 1 saturated heterocycles. The maximum absolute atomic E-state index is 12.9. The van der Waals surface area contributed by atoms with Crippen LogP contribution in [0.1, 0.15) is 62.8 Å². The number of carbonyl (C=O) groups is 2. The molecule has 2 bridgehead atoms. The zero-order valence-corrected chi connectivity index (χ0v) is 18.1. The first kappa shape index (κ1) is 20.8. The first-order chi connectivity index (χ1) is 15.1. The van der Waals surface area contributed by atoms with Crippen molar-refractivity contribution >= 4 is 12.0 Å². The number of nitrogens with zero attached hydrogens (tertiary/aromatic N) is 1. The molecule has 4 aliphatic rings. The highest BCUT2D eigenvalue weighted by atomic mass is 16.6. The number of benzene rings is 1.